The molecule has 0 aliphatic carbocycles. The molecule has 0 unspecified atom stereocenters. The predicted octanol–water partition coefficient (Wildman–Crippen LogP) is 3.81. The molecule has 0 aliphatic rings. The highest BCUT2D eigenvalue weighted by atomic mass is 32.2. The van der Waals surface area contributed by atoms with Crippen molar-refractivity contribution in [1.82, 2.24) is 9.78 Å². The van der Waals surface area contributed by atoms with Gasteiger partial charge in [0.05, 0.1) is 22.4 Å². The molecule has 0 saturated heterocycles. The fourth-order valence-electron chi connectivity index (χ4n) is 3.22. The van der Waals surface area contributed by atoms with E-state index in [4.69, 9.17) is 4.18 Å². The van der Waals surface area contributed by atoms with Crippen LogP contribution in [0, 0.1) is 24.0 Å². The Morgan fingerprint density at radius 3 is 2.27 bits per heavy atom. The zero-order valence-electron chi connectivity index (χ0n) is 18.1. The number of carbonyl (C=O) groups excluding carboxylic acids is 1. The molecule has 2 rings (SSSR count). The summed E-state index contributed by atoms with van der Waals surface area (Å²) in [4.78, 5) is 24.5. The summed E-state index contributed by atoms with van der Waals surface area (Å²) in [5, 5.41) is 15.8. The van der Waals surface area contributed by atoms with E-state index in [2.05, 4.69) is 5.10 Å². The fourth-order valence-corrected chi connectivity index (χ4v) is 3.67. The van der Waals surface area contributed by atoms with Crippen molar-refractivity contribution < 1.29 is 22.3 Å². The average Bonchev–Trinajstić information content (AvgIpc) is 2.93. The number of carbonyl (C=O) groups is 1. The van der Waals surface area contributed by atoms with Crippen LogP contribution in [0.5, 0.6) is 5.88 Å². The molecule has 0 saturated carbocycles. The van der Waals surface area contributed by atoms with Crippen LogP contribution < -0.4 is 4.18 Å². The minimum Gasteiger partial charge on any atom is -0.361 e. The maximum Gasteiger partial charge on any atom is 0.307 e. The molecule has 1 aromatic carbocycles. The minimum absolute atomic E-state index is 0.0139. The number of aryl methyl sites for hydroxylation is 2. The van der Waals surface area contributed by atoms with Gasteiger partial charge in [0.25, 0.3) is 5.69 Å². The molecular weight excluding hydrogens is 410 g/mol. The lowest BCUT2D eigenvalue weighted by Crippen LogP contribution is -2.14. The molecule has 30 heavy (non-hydrogen) atoms. The van der Waals surface area contributed by atoms with E-state index in [-0.39, 0.29) is 22.7 Å². The number of benzene rings is 1. The molecule has 0 aliphatic heterocycles. The first-order valence-corrected chi connectivity index (χ1v) is 11.1. The molecule has 0 N–H and O–H groups in total. The molecule has 0 atom stereocenters. The van der Waals surface area contributed by atoms with Crippen LogP contribution in [0.15, 0.2) is 17.7 Å². The van der Waals surface area contributed by atoms with Crippen LogP contribution in [0.4, 0.5) is 5.69 Å². The van der Waals surface area contributed by atoms with E-state index in [0.29, 0.717) is 28.9 Å². The minimum atomic E-state index is -3.91. The Labute approximate surface area is 175 Å². The van der Waals surface area contributed by atoms with Crippen molar-refractivity contribution in [3.63, 3.8) is 0 Å². The van der Waals surface area contributed by atoms with Crippen molar-refractivity contribution in [2.75, 3.05) is 6.26 Å². The summed E-state index contributed by atoms with van der Waals surface area (Å²) in [6, 6.07) is 2.67. The summed E-state index contributed by atoms with van der Waals surface area (Å²) < 4.78 is 29.8. The van der Waals surface area contributed by atoms with Gasteiger partial charge < -0.3 is 4.18 Å². The lowest BCUT2D eigenvalue weighted by atomic mass is 9.90. The smallest absolute Gasteiger partial charge is 0.307 e. The van der Waals surface area contributed by atoms with Gasteiger partial charge in [0, 0.05) is 18.2 Å². The zero-order valence-corrected chi connectivity index (χ0v) is 18.9. The van der Waals surface area contributed by atoms with Crippen LogP contribution in [0.3, 0.4) is 0 Å². The molecule has 10 heteroatoms. The molecule has 1 aromatic heterocycles. The van der Waals surface area contributed by atoms with Crippen molar-refractivity contribution in [3.05, 3.63) is 55.8 Å². The summed E-state index contributed by atoms with van der Waals surface area (Å²) in [5.41, 5.74) is 2.81. The maximum absolute atomic E-state index is 13.4. The van der Waals surface area contributed by atoms with Gasteiger partial charge in [-0.1, -0.05) is 5.57 Å². The quantitative estimate of drug-likeness (QED) is 0.280. The van der Waals surface area contributed by atoms with E-state index < -0.39 is 20.8 Å². The van der Waals surface area contributed by atoms with E-state index in [1.165, 1.54) is 16.8 Å². The van der Waals surface area contributed by atoms with Crippen molar-refractivity contribution in [1.29, 1.82) is 0 Å². The van der Waals surface area contributed by atoms with Crippen LogP contribution in [-0.4, -0.2) is 35.2 Å². The van der Waals surface area contributed by atoms with Crippen LogP contribution >= 0.6 is 0 Å². The molecule has 0 spiro atoms. The van der Waals surface area contributed by atoms with E-state index in [9.17, 15) is 23.3 Å². The van der Waals surface area contributed by atoms with Gasteiger partial charge in [-0.3, -0.25) is 14.9 Å². The Morgan fingerprint density at radius 2 is 1.80 bits per heavy atom. The summed E-state index contributed by atoms with van der Waals surface area (Å²) >= 11 is 0. The lowest BCUT2D eigenvalue weighted by Gasteiger charge is -2.14. The third-order valence-corrected chi connectivity index (χ3v) is 5.31. The highest BCUT2D eigenvalue weighted by Crippen LogP contribution is 2.35. The fraction of sp³-hybridized carbons (Fsp3) is 0.400. The normalized spacial score (nSPS) is 11.3. The number of hydrogen-bond acceptors (Lipinski definition) is 7. The first-order chi connectivity index (χ1) is 13.8. The summed E-state index contributed by atoms with van der Waals surface area (Å²) in [7, 11) is -3.91. The molecule has 0 bridgehead atoms. The van der Waals surface area contributed by atoms with Crippen molar-refractivity contribution >= 4 is 27.2 Å². The number of nitrogens with zero attached hydrogens (tertiary/aromatic N) is 3. The monoisotopic (exact) mass is 435 g/mol. The number of nitro groups is 1. The van der Waals surface area contributed by atoms with E-state index in [1.54, 1.807) is 27.7 Å². The van der Waals surface area contributed by atoms with Crippen molar-refractivity contribution in [3.8, 4) is 5.88 Å². The number of ketones is 1. The van der Waals surface area contributed by atoms with Crippen LogP contribution in [0.2, 0.25) is 0 Å². The second-order valence-corrected chi connectivity index (χ2v) is 8.79. The molecule has 9 nitrogen and oxygen atoms in total. The number of nitro benzene ring substituents is 1. The lowest BCUT2D eigenvalue weighted by molar-refractivity contribution is -0.385. The van der Waals surface area contributed by atoms with Gasteiger partial charge in [0.15, 0.2) is 0 Å². The van der Waals surface area contributed by atoms with Gasteiger partial charge in [-0.25, -0.2) is 4.68 Å². The summed E-state index contributed by atoms with van der Waals surface area (Å²) in [6.07, 6.45) is 0.886. The Kier molecular flexibility index (Phi) is 6.51. The second kappa shape index (κ2) is 8.39. The third-order valence-electron chi connectivity index (χ3n) is 4.85. The number of aromatic nitrogens is 2. The van der Waals surface area contributed by atoms with E-state index in [0.717, 1.165) is 11.8 Å². The Balaban J connectivity index is 2.80. The molecule has 1 heterocycles. The first-order valence-electron chi connectivity index (χ1n) is 9.24. The molecule has 2 aromatic rings. The van der Waals surface area contributed by atoms with Gasteiger partial charge in [0.1, 0.15) is 5.56 Å². The van der Waals surface area contributed by atoms with Gasteiger partial charge >= 0.3 is 10.1 Å². The summed E-state index contributed by atoms with van der Waals surface area (Å²) in [6.45, 7) is 10.7. The number of allylic oxidation sites excluding steroid dienone is 2. The summed E-state index contributed by atoms with van der Waals surface area (Å²) in [5.74, 6) is -0.679. The number of rotatable bonds is 7. The largest absolute Gasteiger partial charge is 0.361 e. The van der Waals surface area contributed by atoms with Crippen LogP contribution in [0.1, 0.15) is 60.4 Å². The first kappa shape index (κ1) is 23.3. The molecule has 162 valence electrons. The van der Waals surface area contributed by atoms with Crippen molar-refractivity contribution in [2.24, 2.45) is 0 Å². The number of hydrogen-bond donors (Lipinski definition) is 0. The van der Waals surface area contributed by atoms with Gasteiger partial charge in [-0.05, 0) is 58.7 Å². The van der Waals surface area contributed by atoms with E-state index in [1.807, 2.05) is 13.8 Å². The maximum atomic E-state index is 13.4. The van der Waals surface area contributed by atoms with Gasteiger partial charge in [-0.15, -0.1) is 0 Å². The second-order valence-electron chi connectivity index (χ2n) is 7.21. The highest BCUT2D eigenvalue weighted by Gasteiger charge is 2.29. The predicted molar refractivity (Wildman–Crippen MR) is 113 cm³/mol. The average molecular weight is 436 g/mol. The Hall–Kier alpha value is -3.01. The third kappa shape index (κ3) is 4.43. The topological polar surface area (TPSA) is 121 Å². The molecule has 0 amide bonds. The van der Waals surface area contributed by atoms with Crippen LogP contribution in [-0.2, 0) is 16.7 Å². The zero-order chi connectivity index (χ0) is 23.0. The van der Waals surface area contributed by atoms with Gasteiger partial charge in [-0.2, -0.15) is 13.5 Å². The Morgan fingerprint density at radius 1 is 1.20 bits per heavy atom. The van der Waals surface area contributed by atoms with Crippen LogP contribution in [0.25, 0.3) is 5.57 Å². The SMILES string of the molecule is CCn1nc(C)c(C(=O)c2ccc([N+](=O)[O-])c(C(C)=C(C)C)c2C)c1OS(C)(=O)=O. The molecule has 0 fully saturated rings. The van der Waals surface area contributed by atoms with Crippen molar-refractivity contribution in [2.45, 2.75) is 48.1 Å². The van der Waals surface area contributed by atoms with E-state index >= 15 is 0 Å². The molecule has 0 radical (unpaired) electrons. The van der Waals surface area contributed by atoms with Gasteiger partial charge in [0.2, 0.25) is 11.7 Å². The Bertz CT molecular complexity index is 1170. The standard InChI is InChI=1S/C20H25N3O6S/c1-8-22-20(29-30(7,27)28)18(14(6)21-22)19(24)15-9-10-16(23(25)26)17(13(15)5)12(4)11(2)3/h9-10H,8H2,1-7H3. The highest BCUT2D eigenvalue weighted by molar-refractivity contribution is 7.86. The molecular formula is C20H25N3O6S.